The van der Waals surface area contributed by atoms with E-state index in [1.54, 1.807) is 13.8 Å². The average Bonchev–Trinajstić information content (AvgIpc) is 1.63. The van der Waals surface area contributed by atoms with Crippen LogP contribution >= 0.6 is 0 Å². The molecule has 0 saturated heterocycles. The van der Waals surface area contributed by atoms with E-state index in [1.807, 2.05) is 0 Å². The van der Waals surface area contributed by atoms with E-state index in [-0.39, 0.29) is 52.8 Å². The van der Waals surface area contributed by atoms with Crippen LogP contribution in [0.3, 0.4) is 0 Å². The van der Waals surface area contributed by atoms with Gasteiger partial charge >= 0.3 is 58.7 Å². The first kappa shape index (κ1) is 18.3. The summed E-state index contributed by atoms with van der Waals surface area (Å²) in [6.45, 7) is 3.09. The molecule has 0 bridgehead atoms. The fourth-order valence-electron chi connectivity index (χ4n) is 0. The third-order valence-corrected chi connectivity index (χ3v) is 0.698. The topological polar surface area (TPSA) is 101 Å². The molecule has 0 aliphatic carbocycles. The Morgan fingerprint density at radius 1 is 1.00 bits per heavy atom. The monoisotopic (exact) mass is 192 g/mol. The first-order valence-corrected chi connectivity index (χ1v) is 2.78. The molecule has 0 aromatic rings. The van der Waals surface area contributed by atoms with Crippen LogP contribution in [0.1, 0.15) is 15.3 Å². The summed E-state index contributed by atoms with van der Waals surface area (Å²) in [5.41, 5.74) is 0. The van der Waals surface area contributed by atoms with Gasteiger partial charge in [0.05, 0.1) is 12.2 Å². The van der Waals surface area contributed by atoms with E-state index in [9.17, 15) is 0 Å². The van der Waals surface area contributed by atoms with Gasteiger partial charge in [-0.2, -0.15) is 0 Å². The van der Waals surface area contributed by atoms with E-state index in [0.29, 0.717) is 0 Å². The first-order valence-electron chi connectivity index (χ1n) is 2.78. The maximum absolute atomic E-state index is 8.38. The van der Waals surface area contributed by atoms with Gasteiger partial charge in [-0.25, -0.2) is 0 Å². The van der Waals surface area contributed by atoms with E-state index >= 15 is 0 Å². The van der Waals surface area contributed by atoms with Crippen molar-refractivity contribution in [1.82, 2.24) is 0 Å². The van der Waals surface area contributed by atoms with Gasteiger partial charge in [-0.05, 0) is 13.8 Å². The van der Waals surface area contributed by atoms with E-state index < -0.39 is 19.5 Å². The molecule has 7 heteroatoms. The molecule has 0 fully saturated rings. The number of rotatable bonds is 1. The molecule has 0 heterocycles. The molecule has 64 valence electrons. The van der Waals surface area contributed by atoms with Gasteiger partial charge in [0, 0.05) is 0 Å². The van der Waals surface area contributed by atoms with E-state index in [4.69, 9.17) is 25.3 Å². The van der Waals surface area contributed by atoms with Gasteiger partial charge in [0.15, 0.2) is 0 Å². The van der Waals surface area contributed by atoms with Crippen LogP contribution in [-0.2, 0) is 0 Å². The van der Waals surface area contributed by atoms with Crippen LogP contribution in [0.25, 0.3) is 0 Å². The molecule has 0 rings (SSSR count). The van der Waals surface area contributed by atoms with Crippen LogP contribution in [0, 0.1) is 0 Å². The van der Waals surface area contributed by atoms with Crippen molar-refractivity contribution in [2.45, 2.75) is 26.1 Å². The Labute approximate surface area is 110 Å². The molecule has 0 aliphatic rings. The van der Waals surface area contributed by atoms with E-state index in [1.165, 1.54) is 0 Å². The molecule has 0 saturated carbocycles. The Morgan fingerprint density at radius 3 is 1.09 bits per heavy atom. The Kier molecular flexibility index (Phi) is 19.2. The van der Waals surface area contributed by atoms with Crippen molar-refractivity contribution >= 4 is 7.32 Å². The summed E-state index contributed by atoms with van der Waals surface area (Å²) < 4.78 is 0. The molecule has 0 aromatic carbocycles. The molecule has 0 amide bonds. The summed E-state index contributed by atoms with van der Waals surface area (Å²) in [5, 5.41) is 38.3. The fraction of sp³-hybridized carbons (Fsp3) is 1.00. The number of hydrogen-bond donors (Lipinski definition) is 5. The predicted molar refractivity (Wildman–Crippen MR) is 36.9 cm³/mol. The van der Waals surface area contributed by atoms with Crippen molar-refractivity contribution in [3.8, 4) is 0 Å². The Bertz CT molecular complexity index is 65.7. The Balaban J connectivity index is -0.0000000483. The van der Waals surface area contributed by atoms with Gasteiger partial charge in [0.1, 0.15) is 0 Å². The zero-order chi connectivity index (χ0) is 8.73. The molecule has 0 aliphatic heterocycles. The first-order chi connectivity index (χ1) is 4.37. The third-order valence-electron chi connectivity index (χ3n) is 0.698. The maximum atomic E-state index is 8.38. The number of hydrogen-bond acceptors (Lipinski definition) is 5. The number of aliphatic hydroxyl groups is 2. The minimum absolute atomic E-state index is 0. The minimum Gasteiger partial charge on any atom is -1.00 e. The van der Waals surface area contributed by atoms with Gasteiger partial charge in [-0.1, -0.05) is 0 Å². The summed E-state index contributed by atoms with van der Waals surface area (Å²) in [7, 11) is -2.17. The summed E-state index contributed by atoms with van der Waals surface area (Å²) in [5.74, 6) is 0. The Morgan fingerprint density at radius 2 is 1.09 bits per heavy atom. The van der Waals surface area contributed by atoms with Crippen LogP contribution in [-0.4, -0.2) is 44.8 Å². The second kappa shape index (κ2) is 11.5. The minimum atomic E-state index is -2.17. The molecule has 5 nitrogen and oxygen atoms in total. The summed E-state index contributed by atoms with van der Waals surface area (Å²) in [6, 6.07) is 0. The molecule has 0 aromatic heterocycles. The van der Waals surface area contributed by atoms with Gasteiger partial charge in [0.25, 0.3) is 0 Å². The molecule has 5 N–H and O–H groups in total. The van der Waals surface area contributed by atoms with Crippen LogP contribution in [0.15, 0.2) is 0 Å². The summed E-state index contributed by atoms with van der Waals surface area (Å²) in [6.07, 6.45) is -1.19. The second-order valence-corrected chi connectivity index (χ2v) is 1.83. The Hall–Kier alpha value is 1.50. The maximum Gasteiger partial charge on any atom is 1.00 e. The van der Waals surface area contributed by atoms with Crippen LogP contribution in [0.2, 0.25) is 0 Å². The number of aliphatic hydroxyl groups excluding tert-OH is 2. The second-order valence-electron chi connectivity index (χ2n) is 1.83. The van der Waals surface area contributed by atoms with Crippen LogP contribution in [0.4, 0.5) is 0 Å². The van der Waals surface area contributed by atoms with Gasteiger partial charge in [-0.3, -0.25) is 0 Å². The van der Waals surface area contributed by atoms with Crippen molar-refractivity contribution in [2.24, 2.45) is 0 Å². The van der Waals surface area contributed by atoms with Crippen LogP contribution in [0.5, 0.6) is 0 Å². The van der Waals surface area contributed by atoms with Crippen molar-refractivity contribution in [3.63, 3.8) is 0 Å². The smallest absolute Gasteiger partial charge is 1.00 e. The largest absolute Gasteiger partial charge is 1.00 e. The molecule has 0 radical (unpaired) electrons. The quantitative estimate of drug-likeness (QED) is 0.267. The SMILES string of the molecule is CC(O)C(C)O.OB(O)O.[H-].[K+]. The van der Waals surface area contributed by atoms with Gasteiger partial charge in [-0.15, -0.1) is 0 Å². The van der Waals surface area contributed by atoms with Crippen molar-refractivity contribution in [3.05, 3.63) is 0 Å². The third kappa shape index (κ3) is 34.3. The zero-order valence-electron chi connectivity index (χ0n) is 7.97. The van der Waals surface area contributed by atoms with E-state index in [2.05, 4.69) is 0 Å². The van der Waals surface area contributed by atoms with Gasteiger partial charge < -0.3 is 26.7 Å². The zero-order valence-corrected chi connectivity index (χ0v) is 10.1. The molecule has 0 spiro atoms. The van der Waals surface area contributed by atoms with E-state index in [0.717, 1.165) is 0 Å². The van der Waals surface area contributed by atoms with Crippen molar-refractivity contribution in [1.29, 1.82) is 0 Å². The molecule has 11 heavy (non-hydrogen) atoms. The molecular weight excluding hydrogens is 178 g/mol. The van der Waals surface area contributed by atoms with Crippen molar-refractivity contribution < 1.29 is 78.1 Å². The predicted octanol–water partition coefficient (Wildman–Crippen LogP) is -5.19. The van der Waals surface area contributed by atoms with Gasteiger partial charge in [0.2, 0.25) is 0 Å². The van der Waals surface area contributed by atoms with Crippen molar-refractivity contribution in [2.75, 3.05) is 0 Å². The molecular formula is C4H14BKO5. The van der Waals surface area contributed by atoms with Crippen LogP contribution < -0.4 is 51.4 Å². The summed E-state index contributed by atoms with van der Waals surface area (Å²) >= 11 is 0. The molecule has 2 atom stereocenters. The fourth-order valence-corrected chi connectivity index (χ4v) is 0. The summed E-state index contributed by atoms with van der Waals surface area (Å²) in [4.78, 5) is 0. The normalized spacial score (nSPS) is 13.4. The molecule has 2 unspecified atom stereocenters. The average molecular weight is 192 g/mol. The standard InChI is InChI=1S/C4H10O2.BH3O3.K.H/c1-3(5)4(2)6;2-1(3)4;;/h3-6H,1-2H3;2-4H;;/q;;+1;-1.